The normalized spacial score (nSPS) is 13.2. The Morgan fingerprint density at radius 1 is 1.00 bits per heavy atom. The summed E-state index contributed by atoms with van der Waals surface area (Å²) in [5.41, 5.74) is 2.48. The van der Waals surface area contributed by atoms with E-state index in [4.69, 9.17) is 14.2 Å². The second-order valence-corrected chi connectivity index (χ2v) is 8.25. The van der Waals surface area contributed by atoms with Crippen molar-refractivity contribution in [2.24, 2.45) is 5.92 Å². The lowest BCUT2D eigenvalue weighted by Crippen LogP contribution is -2.46. The molecule has 0 bridgehead atoms. The van der Waals surface area contributed by atoms with Crippen LogP contribution in [-0.4, -0.2) is 50.2 Å². The second kappa shape index (κ2) is 11.4. The minimum atomic E-state index is -0.857. The van der Waals surface area contributed by atoms with Crippen LogP contribution >= 0.6 is 0 Å². The van der Waals surface area contributed by atoms with Gasteiger partial charge in [-0.05, 0) is 49.1 Å². The molecule has 3 rings (SSSR count). The van der Waals surface area contributed by atoms with Gasteiger partial charge in [0, 0.05) is 12.1 Å². The number of ether oxygens (including phenoxy) is 3. The maximum atomic E-state index is 12.5. The molecule has 176 valence electrons. The topological polar surface area (TPSA) is 103 Å². The van der Waals surface area contributed by atoms with Crippen molar-refractivity contribution in [1.29, 1.82) is 0 Å². The van der Waals surface area contributed by atoms with E-state index in [1.165, 1.54) is 0 Å². The van der Waals surface area contributed by atoms with Gasteiger partial charge in [0.1, 0.15) is 19.3 Å². The van der Waals surface area contributed by atoms with Gasteiger partial charge in [-0.3, -0.25) is 9.59 Å². The SMILES string of the molecule is Cc1ccc(C(=O)N[C@H](C(=O)OCC(=O)NCCc2ccc3c(c2)OCCO3)C(C)C)cc1. The molecule has 1 atom stereocenters. The van der Waals surface area contributed by atoms with Gasteiger partial charge in [0.05, 0.1) is 0 Å². The number of nitrogens with one attached hydrogen (secondary N) is 2. The monoisotopic (exact) mass is 454 g/mol. The zero-order valence-electron chi connectivity index (χ0n) is 19.2. The first-order valence-electron chi connectivity index (χ1n) is 11.0. The molecule has 0 saturated carbocycles. The highest BCUT2D eigenvalue weighted by atomic mass is 16.6. The number of amides is 2. The maximum Gasteiger partial charge on any atom is 0.329 e. The molecule has 0 unspecified atom stereocenters. The Hall–Kier alpha value is -3.55. The molecule has 1 aliphatic rings. The molecule has 0 saturated heterocycles. The van der Waals surface area contributed by atoms with Crippen molar-refractivity contribution < 1.29 is 28.6 Å². The molecule has 0 radical (unpaired) electrons. The van der Waals surface area contributed by atoms with E-state index in [1.54, 1.807) is 26.0 Å². The lowest BCUT2D eigenvalue weighted by molar-refractivity contribution is -0.151. The number of hydrogen-bond acceptors (Lipinski definition) is 6. The summed E-state index contributed by atoms with van der Waals surface area (Å²) < 4.78 is 16.2. The summed E-state index contributed by atoms with van der Waals surface area (Å²) in [4.78, 5) is 37.1. The van der Waals surface area contributed by atoms with Gasteiger partial charge < -0.3 is 24.8 Å². The lowest BCUT2D eigenvalue weighted by atomic mass is 10.0. The van der Waals surface area contributed by atoms with E-state index >= 15 is 0 Å². The minimum Gasteiger partial charge on any atom is -0.486 e. The number of esters is 1. The summed E-state index contributed by atoms with van der Waals surface area (Å²) in [6, 6.07) is 11.9. The summed E-state index contributed by atoms with van der Waals surface area (Å²) in [6.07, 6.45) is 0.595. The fourth-order valence-corrected chi connectivity index (χ4v) is 3.29. The van der Waals surface area contributed by atoms with E-state index in [-0.39, 0.29) is 11.8 Å². The van der Waals surface area contributed by atoms with Crippen molar-refractivity contribution in [2.45, 2.75) is 33.2 Å². The van der Waals surface area contributed by atoms with Gasteiger partial charge in [-0.25, -0.2) is 4.79 Å². The smallest absolute Gasteiger partial charge is 0.329 e. The Balaban J connectivity index is 1.43. The van der Waals surface area contributed by atoms with Crippen molar-refractivity contribution in [2.75, 3.05) is 26.4 Å². The Bertz CT molecular complexity index is 987. The van der Waals surface area contributed by atoms with Gasteiger partial charge >= 0.3 is 5.97 Å². The molecule has 0 fully saturated rings. The third-order valence-electron chi connectivity index (χ3n) is 5.21. The van der Waals surface area contributed by atoms with E-state index in [0.717, 1.165) is 16.9 Å². The van der Waals surface area contributed by atoms with Gasteiger partial charge in [0.15, 0.2) is 18.1 Å². The van der Waals surface area contributed by atoms with Crippen LogP contribution in [0.25, 0.3) is 0 Å². The van der Waals surface area contributed by atoms with Crippen LogP contribution in [0.4, 0.5) is 0 Å². The van der Waals surface area contributed by atoms with Crippen molar-refractivity contribution >= 4 is 17.8 Å². The van der Waals surface area contributed by atoms with Crippen LogP contribution in [0.2, 0.25) is 0 Å². The Morgan fingerprint density at radius 2 is 1.70 bits per heavy atom. The molecule has 0 spiro atoms. The molecule has 8 nitrogen and oxygen atoms in total. The summed E-state index contributed by atoms with van der Waals surface area (Å²) in [6.45, 7) is 6.55. The largest absolute Gasteiger partial charge is 0.486 e. The standard InChI is InChI=1S/C25H30N2O6/c1-16(2)23(27-24(29)19-7-4-17(3)5-8-19)25(30)33-15-22(28)26-11-10-18-6-9-20-21(14-18)32-13-12-31-20/h4-9,14,16,23H,10-13,15H2,1-3H3,(H,26,28)(H,27,29)/t23-/m0/s1. The van der Waals surface area contributed by atoms with Crippen LogP contribution in [0, 0.1) is 12.8 Å². The number of benzene rings is 2. The summed E-state index contributed by atoms with van der Waals surface area (Å²) in [7, 11) is 0. The van der Waals surface area contributed by atoms with Gasteiger partial charge in [-0.15, -0.1) is 0 Å². The van der Waals surface area contributed by atoms with E-state index < -0.39 is 24.5 Å². The van der Waals surface area contributed by atoms with Crippen LogP contribution < -0.4 is 20.1 Å². The Morgan fingerprint density at radius 3 is 2.39 bits per heavy atom. The molecular weight excluding hydrogens is 424 g/mol. The number of carbonyl (C=O) groups excluding carboxylic acids is 3. The number of fused-ring (bicyclic) bond motifs is 1. The number of rotatable bonds is 9. The number of hydrogen-bond donors (Lipinski definition) is 2. The second-order valence-electron chi connectivity index (χ2n) is 8.25. The quantitative estimate of drug-likeness (QED) is 0.564. The predicted molar refractivity (Wildman–Crippen MR) is 122 cm³/mol. The summed E-state index contributed by atoms with van der Waals surface area (Å²) >= 11 is 0. The zero-order valence-corrected chi connectivity index (χ0v) is 19.2. The summed E-state index contributed by atoms with van der Waals surface area (Å²) in [5, 5.41) is 5.43. The Labute approximate surface area is 193 Å². The van der Waals surface area contributed by atoms with E-state index in [9.17, 15) is 14.4 Å². The molecule has 1 heterocycles. The van der Waals surface area contributed by atoms with Crippen molar-refractivity contribution in [3.05, 3.63) is 59.2 Å². The third kappa shape index (κ3) is 6.97. The van der Waals surface area contributed by atoms with Crippen LogP contribution in [0.5, 0.6) is 11.5 Å². The highest BCUT2D eigenvalue weighted by Gasteiger charge is 2.26. The first kappa shape index (κ1) is 24.1. The molecule has 2 N–H and O–H groups in total. The third-order valence-corrected chi connectivity index (χ3v) is 5.21. The van der Waals surface area contributed by atoms with Crippen molar-refractivity contribution in [3.63, 3.8) is 0 Å². The molecule has 33 heavy (non-hydrogen) atoms. The lowest BCUT2D eigenvalue weighted by Gasteiger charge is -2.21. The molecule has 0 aliphatic carbocycles. The zero-order chi connectivity index (χ0) is 23.8. The first-order chi connectivity index (χ1) is 15.8. The minimum absolute atomic E-state index is 0.204. The molecule has 2 aromatic rings. The van der Waals surface area contributed by atoms with Crippen LogP contribution in [-0.2, 0) is 20.7 Å². The van der Waals surface area contributed by atoms with Crippen LogP contribution in [0.3, 0.4) is 0 Å². The van der Waals surface area contributed by atoms with Crippen molar-refractivity contribution in [3.8, 4) is 11.5 Å². The van der Waals surface area contributed by atoms with Crippen molar-refractivity contribution in [1.82, 2.24) is 10.6 Å². The van der Waals surface area contributed by atoms with Crippen LogP contribution in [0.15, 0.2) is 42.5 Å². The number of aryl methyl sites for hydroxylation is 1. The molecule has 2 aromatic carbocycles. The summed E-state index contributed by atoms with van der Waals surface area (Å²) in [5.74, 6) is -0.207. The van der Waals surface area contributed by atoms with Gasteiger partial charge in [-0.1, -0.05) is 37.6 Å². The molecular formula is C25H30N2O6. The highest BCUT2D eigenvalue weighted by molar-refractivity contribution is 5.97. The predicted octanol–water partition coefficient (Wildman–Crippen LogP) is 2.42. The molecule has 2 amide bonds. The first-order valence-corrected chi connectivity index (χ1v) is 11.0. The maximum absolute atomic E-state index is 12.5. The van der Waals surface area contributed by atoms with Gasteiger partial charge in [0.2, 0.25) is 0 Å². The number of carbonyl (C=O) groups is 3. The molecule has 8 heteroatoms. The van der Waals surface area contributed by atoms with E-state index in [1.807, 2.05) is 37.3 Å². The fourth-order valence-electron chi connectivity index (χ4n) is 3.29. The van der Waals surface area contributed by atoms with Crippen LogP contribution in [0.1, 0.15) is 35.3 Å². The average Bonchev–Trinajstić information content (AvgIpc) is 2.81. The fraction of sp³-hybridized carbons (Fsp3) is 0.400. The van der Waals surface area contributed by atoms with Gasteiger partial charge in [-0.2, -0.15) is 0 Å². The van der Waals surface area contributed by atoms with E-state index in [0.29, 0.717) is 37.5 Å². The average molecular weight is 455 g/mol. The Kier molecular flexibility index (Phi) is 8.29. The molecule has 0 aromatic heterocycles. The molecule has 1 aliphatic heterocycles. The van der Waals surface area contributed by atoms with Gasteiger partial charge in [0.25, 0.3) is 11.8 Å². The van der Waals surface area contributed by atoms with E-state index in [2.05, 4.69) is 10.6 Å². The highest BCUT2D eigenvalue weighted by Crippen LogP contribution is 2.30.